The van der Waals surface area contributed by atoms with E-state index in [1.807, 2.05) is 30.3 Å². The van der Waals surface area contributed by atoms with Gasteiger partial charge < -0.3 is 15.2 Å². The summed E-state index contributed by atoms with van der Waals surface area (Å²) in [6.45, 7) is 3.43. The lowest BCUT2D eigenvalue weighted by Gasteiger charge is -2.11. The predicted octanol–water partition coefficient (Wildman–Crippen LogP) is 1.32. The number of para-hydroxylation sites is 1. The molecule has 0 saturated carbocycles. The minimum atomic E-state index is -1.12. The van der Waals surface area contributed by atoms with Gasteiger partial charge >= 0.3 is 5.97 Å². The highest BCUT2D eigenvalue weighted by atomic mass is 16.5. The quantitative estimate of drug-likeness (QED) is 0.838. The summed E-state index contributed by atoms with van der Waals surface area (Å²) in [5, 5.41) is 15.9. The van der Waals surface area contributed by atoms with Crippen LogP contribution in [-0.2, 0) is 9.53 Å². The second-order valence-electron chi connectivity index (χ2n) is 5.07. The van der Waals surface area contributed by atoms with E-state index in [1.165, 1.54) is 7.11 Å². The van der Waals surface area contributed by atoms with Crippen LogP contribution in [0.5, 0.6) is 0 Å². The average Bonchev–Trinajstić information content (AvgIpc) is 2.83. The number of carboxylic acids is 1. The Labute approximate surface area is 133 Å². The van der Waals surface area contributed by atoms with Gasteiger partial charge in [0.05, 0.1) is 29.2 Å². The Bertz CT molecular complexity index is 710. The number of amides is 1. The Morgan fingerprint density at radius 1 is 1.30 bits per heavy atom. The van der Waals surface area contributed by atoms with E-state index in [0.717, 1.165) is 5.69 Å². The van der Waals surface area contributed by atoms with Crippen LogP contribution in [0.2, 0.25) is 0 Å². The first-order valence-electron chi connectivity index (χ1n) is 7.11. The molecule has 7 nitrogen and oxygen atoms in total. The summed E-state index contributed by atoms with van der Waals surface area (Å²) in [5.74, 6) is -1.49. The lowest BCUT2D eigenvalue weighted by molar-refractivity contribution is -0.148. The molecule has 0 saturated heterocycles. The number of carbonyl (C=O) groups is 2. The Balaban J connectivity index is 2.22. The number of aliphatic carboxylic acids is 1. The van der Waals surface area contributed by atoms with E-state index >= 15 is 0 Å². The fourth-order valence-corrected chi connectivity index (χ4v) is 2.34. The third-order valence-corrected chi connectivity index (χ3v) is 3.53. The van der Waals surface area contributed by atoms with Crippen molar-refractivity contribution in [3.63, 3.8) is 0 Å². The first-order valence-corrected chi connectivity index (χ1v) is 7.11. The summed E-state index contributed by atoms with van der Waals surface area (Å²) in [6, 6.07) is 9.47. The number of methoxy groups -OCH3 is 1. The van der Waals surface area contributed by atoms with Crippen molar-refractivity contribution in [2.45, 2.75) is 20.0 Å². The van der Waals surface area contributed by atoms with Crippen molar-refractivity contribution in [2.24, 2.45) is 0 Å². The van der Waals surface area contributed by atoms with Crippen LogP contribution in [0.15, 0.2) is 30.3 Å². The number of hydrogen-bond acceptors (Lipinski definition) is 4. The van der Waals surface area contributed by atoms with Crippen LogP contribution < -0.4 is 5.32 Å². The normalized spacial score (nSPS) is 12.0. The van der Waals surface area contributed by atoms with Gasteiger partial charge in [-0.3, -0.25) is 4.79 Å². The zero-order valence-electron chi connectivity index (χ0n) is 13.2. The third kappa shape index (κ3) is 3.57. The third-order valence-electron chi connectivity index (χ3n) is 3.53. The van der Waals surface area contributed by atoms with Crippen molar-refractivity contribution in [3.05, 3.63) is 47.3 Å². The van der Waals surface area contributed by atoms with E-state index in [0.29, 0.717) is 17.0 Å². The molecule has 2 N–H and O–H groups in total. The number of rotatable bonds is 6. The highest BCUT2D eigenvalue weighted by molar-refractivity contribution is 5.96. The SMILES string of the molecule is COC(CNC(=O)c1c(C)nn(-c2ccccc2)c1C)C(=O)O. The molecule has 1 aromatic heterocycles. The molecular formula is C16H19N3O4. The van der Waals surface area contributed by atoms with Crippen LogP contribution >= 0.6 is 0 Å². The maximum absolute atomic E-state index is 12.4. The number of nitrogens with zero attached hydrogens (tertiary/aromatic N) is 2. The summed E-state index contributed by atoms with van der Waals surface area (Å²) >= 11 is 0. The molecule has 23 heavy (non-hydrogen) atoms. The molecule has 2 rings (SSSR count). The highest BCUT2D eigenvalue weighted by Crippen LogP contribution is 2.17. The number of aryl methyl sites for hydroxylation is 1. The first kappa shape index (κ1) is 16.7. The number of carbonyl (C=O) groups excluding carboxylic acids is 1. The molecule has 7 heteroatoms. The standard InChI is InChI=1S/C16H19N3O4/c1-10-14(15(20)17-9-13(23-3)16(21)22)11(2)19(18-10)12-7-5-4-6-8-12/h4-8,13H,9H2,1-3H3,(H,17,20)(H,21,22). The van der Waals surface area contributed by atoms with E-state index in [1.54, 1.807) is 18.5 Å². The zero-order chi connectivity index (χ0) is 17.0. The highest BCUT2D eigenvalue weighted by Gasteiger charge is 2.22. The Morgan fingerprint density at radius 3 is 2.52 bits per heavy atom. The van der Waals surface area contributed by atoms with Crippen molar-refractivity contribution >= 4 is 11.9 Å². The molecule has 0 spiro atoms. The van der Waals surface area contributed by atoms with Crippen molar-refractivity contribution in [1.29, 1.82) is 0 Å². The van der Waals surface area contributed by atoms with Crippen LogP contribution in [0.1, 0.15) is 21.7 Å². The van der Waals surface area contributed by atoms with E-state index in [-0.39, 0.29) is 12.5 Å². The van der Waals surface area contributed by atoms with Crippen molar-refractivity contribution in [3.8, 4) is 5.69 Å². The maximum atomic E-state index is 12.4. The van der Waals surface area contributed by atoms with Gasteiger partial charge in [-0.2, -0.15) is 5.10 Å². The van der Waals surface area contributed by atoms with E-state index in [9.17, 15) is 9.59 Å². The summed E-state index contributed by atoms with van der Waals surface area (Å²) in [7, 11) is 1.29. The lowest BCUT2D eigenvalue weighted by Crippen LogP contribution is -2.38. The summed E-state index contributed by atoms with van der Waals surface area (Å²) in [6.07, 6.45) is -1.08. The van der Waals surface area contributed by atoms with Gasteiger partial charge in [0.15, 0.2) is 6.10 Å². The number of benzene rings is 1. The second-order valence-corrected chi connectivity index (χ2v) is 5.07. The van der Waals surface area contributed by atoms with Gasteiger partial charge in [-0.25, -0.2) is 9.48 Å². The van der Waals surface area contributed by atoms with Gasteiger partial charge in [-0.15, -0.1) is 0 Å². The number of carboxylic acid groups (broad SMARTS) is 1. The first-order chi connectivity index (χ1) is 11.0. The lowest BCUT2D eigenvalue weighted by atomic mass is 10.1. The molecule has 1 heterocycles. The van der Waals surface area contributed by atoms with Crippen LogP contribution in [0, 0.1) is 13.8 Å². The largest absolute Gasteiger partial charge is 0.479 e. The smallest absolute Gasteiger partial charge is 0.334 e. The molecule has 0 aliphatic heterocycles. The van der Waals surface area contributed by atoms with Crippen LogP contribution in [0.25, 0.3) is 5.69 Å². The molecule has 2 aromatic rings. The van der Waals surface area contributed by atoms with Crippen molar-refractivity contribution in [2.75, 3.05) is 13.7 Å². The molecular weight excluding hydrogens is 298 g/mol. The fraction of sp³-hybridized carbons (Fsp3) is 0.312. The molecule has 1 aromatic carbocycles. The van der Waals surface area contributed by atoms with E-state index in [2.05, 4.69) is 10.4 Å². The molecule has 1 unspecified atom stereocenters. The van der Waals surface area contributed by atoms with Gasteiger partial charge in [0, 0.05) is 7.11 Å². The summed E-state index contributed by atoms with van der Waals surface area (Å²) in [4.78, 5) is 23.3. The van der Waals surface area contributed by atoms with Crippen molar-refractivity contribution in [1.82, 2.24) is 15.1 Å². The molecule has 1 amide bonds. The minimum Gasteiger partial charge on any atom is -0.479 e. The average molecular weight is 317 g/mol. The summed E-state index contributed by atoms with van der Waals surface area (Å²) < 4.78 is 6.49. The molecule has 0 radical (unpaired) electrons. The molecule has 0 bridgehead atoms. The molecule has 0 aliphatic carbocycles. The molecule has 1 atom stereocenters. The number of aromatic nitrogens is 2. The second kappa shape index (κ2) is 7.06. The monoisotopic (exact) mass is 317 g/mol. The van der Waals surface area contributed by atoms with E-state index < -0.39 is 12.1 Å². The molecule has 122 valence electrons. The van der Waals surface area contributed by atoms with E-state index in [4.69, 9.17) is 9.84 Å². The fourth-order valence-electron chi connectivity index (χ4n) is 2.34. The number of ether oxygens (including phenoxy) is 1. The molecule has 0 fully saturated rings. The summed E-state index contributed by atoms with van der Waals surface area (Å²) in [5.41, 5.74) is 2.56. The Kier molecular flexibility index (Phi) is 5.13. The maximum Gasteiger partial charge on any atom is 0.334 e. The van der Waals surface area contributed by atoms with Crippen LogP contribution in [0.3, 0.4) is 0 Å². The van der Waals surface area contributed by atoms with Gasteiger partial charge in [-0.05, 0) is 26.0 Å². The van der Waals surface area contributed by atoms with Gasteiger partial charge in [0.1, 0.15) is 0 Å². The topological polar surface area (TPSA) is 93.5 Å². The van der Waals surface area contributed by atoms with Crippen LogP contribution in [0.4, 0.5) is 0 Å². The van der Waals surface area contributed by atoms with Crippen LogP contribution in [-0.4, -0.2) is 46.5 Å². The van der Waals surface area contributed by atoms with Crippen molar-refractivity contribution < 1.29 is 19.4 Å². The minimum absolute atomic E-state index is 0.111. The predicted molar refractivity (Wildman–Crippen MR) is 83.8 cm³/mol. The Morgan fingerprint density at radius 2 is 1.96 bits per heavy atom. The van der Waals surface area contributed by atoms with Gasteiger partial charge in [0.2, 0.25) is 0 Å². The zero-order valence-corrected chi connectivity index (χ0v) is 13.2. The van der Waals surface area contributed by atoms with Gasteiger partial charge in [0.25, 0.3) is 5.91 Å². The molecule has 0 aliphatic rings. The number of nitrogens with one attached hydrogen (secondary N) is 1. The number of hydrogen-bond donors (Lipinski definition) is 2. The van der Waals surface area contributed by atoms with Gasteiger partial charge in [-0.1, -0.05) is 18.2 Å². The Hall–Kier alpha value is -2.67.